The van der Waals surface area contributed by atoms with Crippen molar-refractivity contribution in [3.8, 4) is 0 Å². The highest BCUT2D eigenvalue weighted by molar-refractivity contribution is 7.09. The molecule has 5 heteroatoms. The number of esters is 1. The first kappa shape index (κ1) is 12.1. The van der Waals surface area contributed by atoms with Crippen molar-refractivity contribution in [1.29, 1.82) is 0 Å². The quantitative estimate of drug-likeness (QED) is 0.790. The molecule has 1 atom stereocenters. The van der Waals surface area contributed by atoms with Gasteiger partial charge in [0.1, 0.15) is 6.04 Å². The number of nitrogens with zero attached hydrogens (tertiary/aromatic N) is 1. The van der Waals surface area contributed by atoms with Crippen LogP contribution in [0.2, 0.25) is 0 Å². The van der Waals surface area contributed by atoms with Crippen LogP contribution < -0.4 is 5.73 Å². The van der Waals surface area contributed by atoms with Crippen molar-refractivity contribution in [2.24, 2.45) is 5.73 Å². The molecule has 0 aliphatic carbocycles. The van der Waals surface area contributed by atoms with E-state index in [-0.39, 0.29) is 0 Å². The van der Waals surface area contributed by atoms with Crippen LogP contribution in [-0.4, -0.2) is 24.1 Å². The lowest BCUT2D eigenvalue weighted by atomic mass is 9.82. The van der Waals surface area contributed by atoms with E-state index in [9.17, 15) is 4.79 Å². The van der Waals surface area contributed by atoms with Gasteiger partial charge in [0, 0.05) is 10.8 Å². The number of hydrogen-bond acceptors (Lipinski definition) is 5. The van der Waals surface area contributed by atoms with Gasteiger partial charge in [0.05, 0.1) is 17.8 Å². The van der Waals surface area contributed by atoms with E-state index in [1.54, 1.807) is 11.3 Å². The first-order valence-electron chi connectivity index (χ1n) is 4.65. The number of carbonyl (C=O) groups is 1. The Morgan fingerprint density at radius 3 is 2.67 bits per heavy atom. The zero-order valence-electron chi connectivity index (χ0n) is 9.40. The fourth-order valence-corrected chi connectivity index (χ4v) is 2.03. The minimum Gasteiger partial charge on any atom is -0.468 e. The molecule has 0 aromatic carbocycles. The second-order valence-corrected chi connectivity index (χ2v) is 5.04. The number of carbonyl (C=O) groups excluding carboxylic acids is 1. The Morgan fingerprint density at radius 2 is 2.27 bits per heavy atom. The zero-order chi connectivity index (χ0) is 11.6. The maximum Gasteiger partial charge on any atom is 0.323 e. The molecule has 0 amide bonds. The van der Waals surface area contributed by atoms with Crippen LogP contribution in [0.3, 0.4) is 0 Å². The predicted molar refractivity (Wildman–Crippen MR) is 59.9 cm³/mol. The third-order valence-corrected chi connectivity index (χ3v) is 3.29. The molecule has 4 nitrogen and oxygen atoms in total. The molecular formula is C10H16N2O2S. The lowest BCUT2D eigenvalue weighted by molar-refractivity contribution is -0.143. The number of methoxy groups -OCH3 is 1. The standard InChI is InChI=1S/C10H16N2O2S/c1-6-12-7(5-15-6)10(2,3)8(11)9(13)14-4/h5,8H,11H2,1-4H3. The average Bonchev–Trinajstić information content (AvgIpc) is 2.63. The molecule has 15 heavy (non-hydrogen) atoms. The van der Waals surface area contributed by atoms with Gasteiger partial charge in [-0.2, -0.15) is 0 Å². The number of aryl methyl sites for hydroxylation is 1. The summed E-state index contributed by atoms with van der Waals surface area (Å²) in [6.07, 6.45) is 0. The summed E-state index contributed by atoms with van der Waals surface area (Å²) in [6, 6.07) is -0.691. The van der Waals surface area contributed by atoms with Crippen LogP contribution in [0.25, 0.3) is 0 Å². The Labute approximate surface area is 93.5 Å². The molecular weight excluding hydrogens is 212 g/mol. The summed E-state index contributed by atoms with van der Waals surface area (Å²) in [5.74, 6) is -0.411. The molecule has 1 aromatic rings. The fraction of sp³-hybridized carbons (Fsp3) is 0.600. The van der Waals surface area contributed by atoms with Crippen LogP contribution in [0.15, 0.2) is 5.38 Å². The van der Waals surface area contributed by atoms with Crippen LogP contribution in [-0.2, 0) is 14.9 Å². The molecule has 1 unspecified atom stereocenters. The van der Waals surface area contributed by atoms with E-state index in [2.05, 4.69) is 9.72 Å². The smallest absolute Gasteiger partial charge is 0.323 e. The van der Waals surface area contributed by atoms with Crippen molar-refractivity contribution in [3.63, 3.8) is 0 Å². The number of thiazole rings is 1. The highest BCUT2D eigenvalue weighted by atomic mass is 32.1. The fourth-order valence-electron chi connectivity index (χ4n) is 1.24. The highest BCUT2D eigenvalue weighted by Gasteiger charge is 2.36. The van der Waals surface area contributed by atoms with Crippen LogP contribution in [0, 0.1) is 6.92 Å². The number of nitrogens with two attached hydrogens (primary N) is 1. The summed E-state index contributed by atoms with van der Waals surface area (Å²) in [5.41, 5.74) is 6.17. The van der Waals surface area contributed by atoms with E-state index in [4.69, 9.17) is 5.73 Å². The van der Waals surface area contributed by atoms with Gasteiger partial charge in [-0.25, -0.2) is 4.98 Å². The minimum atomic E-state index is -0.691. The molecule has 0 spiro atoms. The molecule has 0 fully saturated rings. The molecule has 0 bridgehead atoms. The van der Waals surface area contributed by atoms with Gasteiger partial charge in [-0.15, -0.1) is 11.3 Å². The summed E-state index contributed by atoms with van der Waals surface area (Å²) in [7, 11) is 1.34. The predicted octanol–water partition coefficient (Wildman–Crippen LogP) is 1.23. The molecule has 0 saturated carbocycles. The SMILES string of the molecule is COC(=O)C(N)C(C)(C)c1csc(C)n1. The highest BCUT2D eigenvalue weighted by Crippen LogP contribution is 2.27. The van der Waals surface area contributed by atoms with Crippen molar-refractivity contribution in [1.82, 2.24) is 4.98 Å². The molecule has 1 heterocycles. The molecule has 0 aliphatic rings. The Morgan fingerprint density at radius 1 is 1.67 bits per heavy atom. The largest absolute Gasteiger partial charge is 0.468 e. The van der Waals surface area contributed by atoms with Crippen LogP contribution in [0.4, 0.5) is 0 Å². The van der Waals surface area contributed by atoms with Crippen molar-refractivity contribution in [2.45, 2.75) is 32.2 Å². The molecule has 0 aliphatic heterocycles. The molecule has 1 aromatic heterocycles. The van der Waals surface area contributed by atoms with E-state index in [0.717, 1.165) is 10.7 Å². The summed E-state index contributed by atoms with van der Waals surface area (Å²) in [4.78, 5) is 15.7. The summed E-state index contributed by atoms with van der Waals surface area (Å²) >= 11 is 1.55. The zero-order valence-corrected chi connectivity index (χ0v) is 10.2. The Bertz CT molecular complexity index is 360. The minimum absolute atomic E-state index is 0.411. The van der Waals surface area contributed by atoms with Gasteiger partial charge in [-0.1, -0.05) is 13.8 Å². The third kappa shape index (κ3) is 2.35. The van der Waals surface area contributed by atoms with Gasteiger partial charge in [0.15, 0.2) is 0 Å². The average molecular weight is 228 g/mol. The van der Waals surface area contributed by atoms with E-state index >= 15 is 0 Å². The van der Waals surface area contributed by atoms with Gasteiger partial charge < -0.3 is 10.5 Å². The molecule has 0 saturated heterocycles. The molecule has 1 rings (SSSR count). The lowest BCUT2D eigenvalue weighted by Crippen LogP contribution is -2.47. The normalized spacial score (nSPS) is 13.7. The van der Waals surface area contributed by atoms with E-state index in [0.29, 0.717) is 0 Å². The van der Waals surface area contributed by atoms with Crippen LogP contribution in [0.5, 0.6) is 0 Å². The Hall–Kier alpha value is -0.940. The first-order chi connectivity index (χ1) is 6.89. The monoisotopic (exact) mass is 228 g/mol. The number of hydrogen-bond donors (Lipinski definition) is 1. The topological polar surface area (TPSA) is 65.2 Å². The molecule has 0 radical (unpaired) electrons. The summed E-state index contributed by atoms with van der Waals surface area (Å²) < 4.78 is 4.64. The van der Waals surface area contributed by atoms with Gasteiger partial charge in [0.25, 0.3) is 0 Å². The second-order valence-electron chi connectivity index (χ2n) is 3.97. The maximum absolute atomic E-state index is 11.4. The van der Waals surface area contributed by atoms with Crippen molar-refractivity contribution in [3.05, 3.63) is 16.1 Å². The number of rotatable bonds is 3. The summed E-state index contributed by atoms with van der Waals surface area (Å²) in [6.45, 7) is 5.71. The van der Waals surface area contributed by atoms with Gasteiger partial charge >= 0.3 is 5.97 Å². The third-order valence-electron chi connectivity index (χ3n) is 2.51. The van der Waals surface area contributed by atoms with Crippen LogP contribution in [0.1, 0.15) is 24.5 Å². The lowest BCUT2D eigenvalue weighted by Gasteiger charge is -2.27. The molecule has 2 N–H and O–H groups in total. The number of ether oxygens (including phenoxy) is 1. The second kappa shape index (κ2) is 4.28. The van der Waals surface area contributed by atoms with Gasteiger partial charge in [0.2, 0.25) is 0 Å². The van der Waals surface area contributed by atoms with Gasteiger partial charge in [-0.3, -0.25) is 4.79 Å². The van der Waals surface area contributed by atoms with Gasteiger partial charge in [-0.05, 0) is 6.92 Å². The van der Waals surface area contributed by atoms with Crippen LogP contribution >= 0.6 is 11.3 Å². The number of aromatic nitrogens is 1. The van der Waals surface area contributed by atoms with E-state index in [1.807, 2.05) is 26.2 Å². The van der Waals surface area contributed by atoms with Crippen molar-refractivity contribution < 1.29 is 9.53 Å². The van der Waals surface area contributed by atoms with Crippen molar-refractivity contribution >= 4 is 17.3 Å². The Balaban J connectivity index is 2.96. The van der Waals surface area contributed by atoms with Crippen molar-refractivity contribution in [2.75, 3.05) is 7.11 Å². The van der Waals surface area contributed by atoms with E-state index < -0.39 is 17.4 Å². The molecule has 84 valence electrons. The summed E-state index contributed by atoms with van der Waals surface area (Å²) in [5, 5.41) is 2.90. The Kier molecular flexibility index (Phi) is 3.46. The maximum atomic E-state index is 11.4. The van der Waals surface area contributed by atoms with E-state index in [1.165, 1.54) is 7.11 Å². The first-order valence-corrected chi connectivity index (χ1v) is 5.53.